The van der Waals surface area contributed by atoms with E-state index in [4.69, 9.17) is 17.0 Å². The van der Waals surface area contributed by atoms with Gasteiger partial charge in [-0.25, -0.2) is 4.39 Å². The maximum atomic E-state index is 12.9. The van der Waals surface area contributed by atoms with Crippen molar-refractivity contribution < 1.29 is 9.13 Å². The Morgan fingerprint density at radius 1 is 1.19 bits per heavy atom. The van der Waals surface area contributed by atoms with Crippen molar-refractivity contribution in [2.45, 2.75) is 26.4 Å². The fourth-order valence-corrected chi connectivity index (χ4v) is 2.55. The van der Waals surface area contributed by atoms with Gasteiger partial charge in [-0.05, 0) is 66.2 Å². The molecule has 134 valence electrons. The molecular formula is C19H19FN4OS. The molecule has 3 rings (SSSR count). The van der Waals surface area contributed by atoms with Gasteiger partial charge in [0.1, 0.15) is 18.2 Å². The van der Waals surface area contributed by atoms with Crippen molar-refractivity contribution in [3.05, 3.63) is 76.1 Å². The molecule has 0 aliphatic carbocycles. The summed E-state index contributed by atoms with van der Waals surface area (Å²) in [4.78, 5) is 0. The predicted molar refractivity (Wildman–Crippen MR) is 102 cm³/mol. The molecule has 0 atom stereocenters. The maximum Gasteiger partial charge on any atom is 0.216 e. The van der Waals surface area contributed by atoms with Crippen LogP contribution in [0.25, 0.3) is 0 Å². The third-order valence-corrected chi connectivity index (χ3v) is 3.98. The maximum absolute atomic E-state index is 12.9. The number of aryl methyl sites for hydroxylation is 1. The fourth-order valence-electron chi connectivity index (χ4n) is 2.35. The molecule has 0 aliphatic rings. The van der Waals surface area contributed by atoms with Crippen LogP contribution in [0.2, 0.25) is 0 Å². The van der Waals surface area contributed by atoms with Crippen LogP contribution in [0, 0.1) is 10.6 Å². The Bertz CT molecular complexity index is 929. The Morgan fingerprint density at radius 2 is 1.92 bits per heavy atom. The Balaban J connectivity index is 1.63. The second-order valence-corrected chi connectivity index (χ2v) is 6.12. The third kappa shape index (κ3) is 4.64. The van der Waals surface area contributed by atoms with Crippen LogP contribution in [0.4, 0.5) is 4.39 Å². The summed E-state index contributed by atoms with van der Waals surface area (Å²) in [6.07, 6.45) is 3.50. The highest BCUT2D eigenvalue weighted by molar-refractivity contribution is 7.71. The lowest BCUT2D eigenvalue weighted by molar-refractivity contribution is 0.306. The summed E-state index contributed by atoms with van der Waals surface area (Å²) in [5.41, 5.74) is 1.83. The summed E-state index contributed by atoms with van der Waals surface area (Å²) in [6.45, 7) is 2.47. The molecule has 1 aromatic heterocycles. The van der Waals surface area contributed by atoms with Crippen LogP contribution in [0.1, 0.15) is 30.3 Å². The second kappa shape index (κ2) is 8.53. The Labute approximate surface area is 156 Å². The van der Waals surface area contributed by atoms with Gasteiger partial charge in [-0.2, -0.15) is 14.9 Å². The Kier molecular flexibility index (Phi) is 5.91. The van der Waals surface area contributed by atoms with Crippen LogP contribution in [-0.2, 0) is 13.0 Å². The van der Waals surface area contributed by atoms with Gasteiger partial charge >= 0.3 is 0 Å². The summed E-state index contributed by atoms with van der Waals surface area (Å²) in [5, 5.41) is 11.3. The van der Waals surface area contributed by atoms with Crippen LogP contribution in [0.5, 0.6) is 5.75 Å². The number of aromatic amines is 1. The first kappa shape index (κ1) is 18.0. The van der Waals surface area contributed by atoms with Gasteiger partial charge in [0, 0.05) is 6.42 Å². The van der Waals surface area contributed by atoms with Crippen LogP contribution in [0.3, 0.4) is 0 Å². The molecule has 26 heavy (non-hydrogen) atoms. The van der Waals surface area contributed by atoms with E-state index in [1.807, 2.05) is 24.3 Å². The Morgan fingerprint density at radius 3 is 2.62 bits per heavy atom. The lowest BCUT2D eigenvalue weighted by Crippen LogP contribution is -1.99. The van der Waals surface area contributed by atoms with Crippen molar-refractivity contribution >= 4 is 18.4 Å². The number of nitrogens with one attached hydrogen (secondary N) is 1. The predicted octanol–water partition coefficient (Wildman–Crippen LogP) is 4.49. The molecule has 2 aromatic carbocycles. The number of nitrogens with zero attached hydrogens (tertiary/aromatic N) is 3. The Hall–Kier alpha value is -2.80. The smallest absolute Gasteiger partial charge is 0.216 e. The normalized spacial score (nSPS) is 11.2. The number of ether oxygens (including phenoxy) is 1. The van der Waals surface area contributed by atoms with Gasteiger partial charge in [0.15, 0.2) is 5.82 Å². The molecule has 0 unspecified atom stereocenters. The number of aromatic nitrogens is 3. The van der Waals surface area contributed by atoms with E-state index in [2.05, 4.69) is 22.2 Å². The zero-order valence-corrected chi connectivity index (χ0v) is 15.2. The molecule has 0 bridgehead atoms. The number of hydrogen-bond acceptors (Lipinski definition) is 4. The molecule has 0 amide bonds. The quantitative estimate of drug-likeness (QED) is 0.492. The number of H-pyrrole nitrogens is 1. The third-order valence-electron chi connectivity index (χ3n) is 3.71. The summed E-state index contributed by atoms with van der Waals surface area (Å²) in [6, 6.07) is 13.8. The fraction of sp³-hybridized carbons (Fsp3) is 0.211. The molecular weight excluding hydrogens is 351 g/mol. The number of hydrogen-bond donors (Lipinski definition) is 1. The van der Waals surface area contributed by atoms with Crippen molar-refractivity contribution in [2.75, 3.05) is 0 Å². The molecule has 0 saturated carbocycles. The van der Waals surface area contributed by atoms with Crippen molar-refractivity contribution in [3.63, 3.8) is 0 Å². The standard InChI is InChI=1S/C19H19FN4OS/c1-2-3-18-22-23-19(26)24(18)21-12-14-6-10-17(11-7-14)25-13-15-4-8-16(20)9-5-15/h4-12H,2-3,13H2,1H3,(H,23,26)/b21-12+. The van der Waals surface area contributed by atoms with Crippen LogP contribution >= 0.6 is 12.2 Å². The summed E-state index contributed by atoms with van der Waals surface area (Å²) in [7, 11) is 0. The molecule has 1 heterocycles. The topological polar surface area (TPSA) is 55.2 Å². The van der Waals surface area contributed by atoms with Crippen LogP contribution < -0.4 is 4.74 Å². The van der Waals surface area contributed by atoms with Crippen molar-refractivity contribution in [1.82, 2.24) is 14.9 Å². The SMILES string of the molecule is CCCc1n[nH]c(=S)n1/N=C/c1ccc(OCc2ccc(F)cc2)cc1. The molecule has 0 aliphatic heterocycles. The molecule has 0 radical (unpaired) electrons. The van der Waals surface area contributed by atoms with Crippen molar-refractivity contribution in [3.8, 4) is 5.75 Å². The first-order chi connectivity index (χ1) is 12.7. The number of rotatable bonds is 7. The van der Waals surface area contributed by atoms with Gasteiger partial charge in [0.2, 0.25) is 4.77 Å². The van der Waals surface area contributed by atoms with E-state index in [0.717, 1.165) is 35.5 Å². The van der Waals surface area contributed by atoms with Crippen molar-refractivity contribution in [1.29, 1.82) is 0 Å². The first-order valence-electron chi connectivity index (χ1n) is 8.33. The molecule has 3 aromatic rings. The lowest BCUT2D eigenvalue weighted by Gasteiger charge is -2.06. The largest absolute Gasteiger partial charge is 0.489 e. The minimum atomic E-state index is -0.253. The number of halogens is 1. The van der Waals surface area contributed by atoms with Gasteiger partial charge in [0.25, 0.3) is 0 Å². The molecule has 5 nitrogen and oxygen atoms in total. The highest BCUT2D eigenvalue weighted by atomic mass is 32.1. The molecule has 0 fully saturated rings. The van der Waals surface area contributed by atoms with E-state index in [-0.39, 0.29) is 5.82 Å². The highest BCUT2D eigenvalue weighted by Gasteiger charge is 2.03. The van der Waals surface area contributed by atoms with E-state index in [0.29, 0.717) is 11.4 Å². The zero-order chi connectivity index (χ0) is 18.4. The van der Waals surface area contributed by atoms with E-state index in [9.17, 15) is 4.39 Å². The average Bonchev–Trinajstić information content (AvgIpc) is 3.00. The number of benzene rings is 2. The van der Waals surface area contributed by atoms with Crippen LogP contribution in [0.15, 0.2) is 53.6 Å². The van der Waals surface area contributed by atoms with E-state index >= 15 is 0 Å². The minimum Gasteiger partial charge on any atom is -0.489 e. The summed E-state index contributed by atoms with van der Waals surface area (Å²) < 4.78 is 20.7. The highest BCUT2D eigenvalue weighted by Crippen LogP contribution is 2.14. The second-order valence-electron chi connectivity index (χ2n) is 5.74. The van der Waals surface area contributed by atoms with E-state index in [1.54, 1.807) is 23.0 Å². The van der Waals surface area contributed by atoms with E-state index < -0.39 is 0 Å². The van der Waals surface area contributed by atoms with Gasteiger partial charge < -0.3 is 4.74 Å². The minimum absolute atomic E-state index is 0.253. The van der Waals surface area contributed by atoms with E-state index in [1.165, 1.54) is 12.1 Å². The van der Waals surface area contributed by atoms with Crippen molar-refractivity contribution in [2.24, 2.45) is 5.10 Å². The molecule has 7 heteroatoms. The van der Waals surface area contributed by atoms with Crippen LogP contribution in [-0.4, -0.2) is 21.1 Å². The molecule has 0 saturated heterocycles. The molecule has 0 spiro atoms. The summed E-state index contributed by atoms with van der Waals surface area (Å²) in [5.74, 6) is 1.29. The monoisotopic (exact) mass is 370 g/mol. The lowest BCUT2D eigenvalue weighted by atomic mass is 10.2. The molecule has 1 N–H and O–H groups in total. The first-order valence-corrected chi connectivity index (χ1v) is 8.74. The van der Waals surface area contributed by atoms with Gasteiger partial charge in [-0.1, -0.05) is 19.1 Å². The summed E-state index contributed by atoms with van der Waals surface area (Å²) >= 11 is 5.20. The van der Waals surface area contributed by atoms with Gasteiger partial charge in [-0.15, -0.1) is 0 Å². The zero-order valence-electron chi connectivity index (χ0n) is 14.4. The van der Waals surface area contributed by atoms with Gasteiger partial charge in [-0.3, -0.25) is 5.10 Å². The van der Waals surface area contributed by atoms with Gasteiger partial charge in [0.05, 0.1) is 6.21 Å². The average molecular weight is 370 g/mol.